The van der Waals surface area contributed by atoms with E-state index in [4.69, 9.17) is 5.41 Å². The van der Waals surface area contributed by atoms with Crippen molar-refractivity contribution in [3.05, 3.63) is 36.0 Å². The minimum Gasteiger partial charge on any atom is -0.282 e. The zero-order valence-electron chi connectivity index (χ0n) is 4.26. The number of hydrogen-bond acceptors (Lipinski definition) is 2. The van der Waals surface area contributed by atoms with Crippen molar-refractivity contribution >= 4 is 0 Å². The normalized spacial score (nSPS) is 8.50. The molecule has 0 aliphatic rings. The fourth-order valence-electron chi connectivity index (χ4n) is 0.387. The Morgan fingerprint density at radius 2 is 2.38 bits per heavy atom. The van der Waals surface area contributed by atoms with E-state index in [-0.39, 0.29) is 5.49 Å². The Morgan fingerprint density at radius 3 is 3.25 bits per heavy atom. The maximum absolute atomic E-state index is 6.95. The average molecular weight is 105 g/mol. The molecule has 39 valence electrons. The Balaban J connectivity index is 3.32. The van der Waals surface area contributed by atoms with E-state index in [2.05, 4.69) is 11.1 Å². The first-order valence-corrected chi connectivity index (χ1v) is 2.27. The summed E-state index contributed by atoms with van der Waals surface area (Å²) in [5.74, 6) is 0. The van der Waals surface area contributed by atoms with Crippen molar-refractivity contribution in [3.8, 4) is 0 Å². The third-order valence-electron chi connectivity index (χ3n) is 0.717. The van der Waals surface area contributed by atoms with Gasteiger partial charge in [-0.2, -0.15) is 0 Å². The third kappa shape index (κ3) is 1.15. The molecular formula is C6H5N2. The predicted molar refractivity (Wildman–Crippen MR) is 28.9 cm³/mol. The monoisotopic (exact) mass is 105 g/mol. The van der Waals surface area contributed by atoms with Crippen molar-refractivity contribution in [2.24, 2.45) is 0 Å². The summed E-state index contributed by atoms with van der Waals surface area (Å²) < 4.78 is 0. The molecule has 1 heterocycles. The molecular weight excluding hydrogens is 100 g/mol. The maximum Gasteiger partial charge on any atom is 0.152 e. The molecule has 0 aromatic carbocycles. The summed E-state index contributed by atoms with van der Waals surface area (Å²) in [5, 5.41) is 6.95. The summed E-state index contributed by atoms with van der Waals surface area (Å²) in [6.07, 6.45) is 1.57. The second-order valence-corrected chi connectivity index (χ2v) is 1.32. The van der Waals surface area contributed by atoms with E-state index in [1.165, 1.54) is 0 Å². The molecule has 0 atom stereocenters. The van der Waals surface area contributed by atoms with Crippen LogP contribution in [0.4, 0.5) is 0 Å². The van der Waals surface area contributed by atoms with E-state index in [0.29, 0.717) is 0 Å². The van der Waals surface area contributed by atoms with Crippen molar-refractivity contribution in [2.45, 2.75) is 0 Å². The molecule has 0 amide bonds. The van der Waals surface area contributed by atoms with Crippen LogP contribution in [0.15, 0.2) is 24.4 Å². The van der Waals surface area contributed by atoms with Crippen LogP contribution in [0.2, 0.25) is 0 Å². The molecule has 1 N–H and O–H groups in total. The van der Waals surface area contributed by atoms with Gasteiger partial charge >= 0.3 is 0 Å². The number of hydrogen-bond donors (Lipinski definition) is 1. The molecule has 1 rings (SSSR count). The molecule has 0 fully saturated rings. The SMILES string of the molecule is N=c1[c]ccccn1. The minimum atomic E-state index is 0.176. The van der Waals surface area contributed by atoms with Crippen LogP contribution < -0.4 is 5.49 Å². The van der Waals surface area contributed by atoms with Gasteiger partial charge < -0.3 is 0 Å². The molecule has 1 radical (unpaired) electrons. The molecule has 0 saturated carbocycles. The molecule has 1 aromatic rings. The fourth-order valence-corrected chi connectivity index (χ4v) is 0.387. The molecule has 0 unspecified atom stereocenters. The van der Waals surface area contributed by atoms with Crippen LogP contribution in [0.5, 0.6) is 0 Å². The van der Waals surface area contributed by atoms with Gasteiger partial charge in [0.25, 0.3) is 0 Å². The van der Waals surface area contributed by atoms with E-state index in [9.17, 15) is 0 Å². The van der Waals surface area contributed by atoms with Crippen molar-refractivity contribution in [3.63, 3.8) is 0 Å². The number of nitrogens with zero attached hydrogens (tertiary/aromatic N) is 1. The second kappa shape index (κ2) is 2.21. The largest absolute Gasteiger partial charge is 0.282 e. The summed E-state index contributed by atoms with van der Waals surface area (Å²) in [5.41, 5.74) is 0.176. The van der Waals surface area contributed by atoms with Gasteiger partial charge in [-0.3, -0.25) is 5.41 Å². The molecule has 2 heteroatoms. The van der Waals surface area contributed by atoms with Crippen molar-refractivity contribution in [1.29, 1.82) is 5.41 Å². The van der Waals surface area contributed by atoms with Gasteiger partial charge in [0, 0.05) is 12.3 Å². The highest BCUT2D eigenvalue weighted by atomic mass is 14.7. The van der Waals surface area contributed by atoms with E-state index >= 15 is 0 Å². The predicted octanol–water partition coefficient (Wildman–Crippen LogP) is 0.361. The number of nitrogens with one attached hydrogen (secondary N) is 1. The topological polar surface area (TPSA) is 36.7 Å². The van der Waals surface area contributed by atoms with Gasteiger partial charge in [-0.15, -0.1) is 0 Å². The zero-order valence-corrected chi connectivity index (χ0v) is 4.26. The summed E-state index contributed by atoms with van der Waals surface area (Å²) in [6.45, 7) is 0. The molecule has 0 bridgehead atoms. The standard InChI is InChI=1S/C6H5N2/c7-6-4-2-1-3-5-8-6/h1-3,5,7H. The lowest BCUT2D eigenvalue weighted by Gasteiger charge is -1.60. The van der Waals surface area contributed by atoms with Crippen LogP contribution in [0.1, 0.15) is 0 Å². The lowest BCUT2D eigenvalue weighted by molar-refractivity contribution is 1.11. The van der Waals surface area contributed by atoms with E-state index in [1.807, 2.05) is 0 Å². The van der Waals surface area contributed by atoms with E-state index in [0.717, 1.165) is 0 Å². The fraction of sp³-hybridized carbons (Fsp3) is 0. The van der Waals surface area contributed by atoms with Crippen LogP contribution >= 0.6 is 0 Å². The Labute approximate surface area is 47.3 Å². The first-order chi connectivity index (χ1) is 3.89. The lowest BCUT2D eigenvalue weighted by atomic mass is 10.5. The van der Waals surface area contributed by atoms with E-state index in [1.54, 1.807) is 24.4 Å². The van der Waals surface area contributed by atoms with Crippen LogP contribution in [-0.2, 0) is 0 Å². The van der Waals surface area contributed by atoms with E-state index < -0.39 is 0 Å². The Kier molecular flexibility index (Phi) is 1.37. The molecule has 0 saturated heterocycles. The molecule has 1 aromatic heterocycles. The second-order valence-electron chi connectivity index (χ2n) is 1.32. The van der Waals surface area contributed by atoms with Crippen LogP contribution in [0.3, 0.4) is 0 Å². The number of rotatable bonds is 0. The molecule has 8 heavy (non-hydrogen) atoms. The maximum atomic E-state index is 6.95. The lowest BCUT2D eigenvalue weighted by Crippen LogP contribution is -1.97. The third-order valence-corrected chi connectivity index (χ3v) is 0.717. The van der Waals surface area contributed by atoms with Gasteiger partial charge in [-0.05, 0) is 6.07 Å². The van der Waals surface area contributed by atoms with Gasteiger partial charge in [0.15, 0.2) is 5.49 Å². The van der Waals surface area contributed by atoms with Crippen molar-refractivity contribution in [2.75, 3.05) is 0 Å². The Hall–Kier alpha value is -1.18. The van der Waals surface area contributed by atoms with Crippen molar-refractivity contribution in [1.82, 2.24) is 4.98 Å². The quantitative estimate of drug-likeness (QED) is 0.508. The molecule has 0 aliphatic carbocycles. The number of aromatic nitrogens is 1. The summed E-state index contributed by atoms with van der Waals surface area (Å²) >= 11 is 0. The van der Waals surface area contributed by atoms with Crippen LogP contribution in [0.25, 0.3) is 0 Å². The molecule has 0 spiro atoms. The van der Waals surface area contributed by atoms with Gasteiger partial charge in [-0.25, -0.2) is 4.98 Å². The summed E-state index contributed by atoms with van der Waals surface area (Å²) in [4.78, 5) is 3.65. The average Bonchev–Trinajstić information content (AvgIpc) is 1.94. The highest BCUT2D eigenvalue weighted by Gasteiger charge is 1.67. The minimum absolute atomic E-state index is 0.176. The highest BCUT2D eigenvalue weighted by Crippen LogP contribution is 1.68. The van der Waals surface area contributed by atoms with Gasteiger partial charge in [0.2, 0.25) is 0 Å². The first-order valence-electron chi connectivity index (χ1n) is 2.27. The van der Waals surface area contributed by atoms with Crippen molar-refractivity contribution < 1.29 is 0 Å². The van der Waals surface area contributed by atoms with Gasteiger partial charge in [0.05, 0.1) is 0 Å². The highest BCUT2D eigenvalue weighted by molar-refractivity contribution is 4.88. The Morgan fingerprint density at radius 1 is 1.50 bits per heavy atom. The Bertz CT molecular complexity index is 197. The van der Waals surface area contributed by atoms with Crippen LogP contribution in [-0.4, -0.2) is 4.98 Å². The molecule has 0 aliphatic heterocycles. The first kappa shape index (κ1) is 4.97. The van der Waals surface area contributed by atoms with Crippen LogP contribution in [0, 0.1) is 11.5 Å². The zero-order chi connectivity index (χ0) is 5.82. The molecule has 2 nitrogen and oxygen atoms in total. The van der Waals surface area contributed by atoms with Gasteiger partial charge in [-0.1, -0.05) is 12.1 Å². The summed E-state index contributed by atoms with van der Waals surface area (Å²) in [6, 6.07) is 7.82. The smallest absolute Gasteiger partial charge is 0.152 e. The summed E-state index contributed by atoms with van der Waals surface area (Å²) in [7, 11) is 0. The van der Waals surface area contributed by atoms with Gasteiger partial charge in [0.1, 0.15) is 0 Å².